The molecule has 252 valence electrons. The molecule has 4 aromatic carbocycles. The molecule has 0 spiro atoms. The Hall–Kier alpha value is -5.26. The number of aliphatic carboxylic acids is 1. The van der Waals surface area contributed by atoms with Gasteiger partial charge in [0, 0.05) is 23.2 Å². The molecule has 5 N–H and O–H groups in total. The van der Waals surface area contributed by atoms with Gasteiger partial charge in [0.2, 0.25) is 11.8 Å². The summed E-state index contributed by atoms with van der Waals surface area (Å²) in [6, 6.07) is 24.8. The summed E-state index contributed by atoms with van der Waals surface area (Å²) in [5.74, 6) is -2.66. The Balaban J connectivity index is 0.000000443. The lowest BCUT2D eigenvalue weighted by atomic mass is 10.0. The molecule has 3 amide bonds. The average molecular weight is 677 g/mol. The van der Waals surface area contributed by atoms with Crippen LogP contribution in [0, 0.1) is 12.7 Å². The number of aryl methyl sites for hydroxylation is 1. The third-order valence-electron chi connectivity index (χ3n) is 7.79. The normalized spacial score (nSPS) is 14.2. The van der Waals surface area contributed by atoms with E-state index in [9.17, 15) is 28.7 Å². The summed E-state index contributed by atoms with van der Waals surface area (Å²) in [7, 11) is 1.65. The molecule has 48 heavy (non-hydrogen) atoms. The number of nitrogens with one attached hydrogen (secondary N) is 2. The van der Waals surface area contributed by atoms with Crippen molar-refractivity contribution in [2.24, 2.45) is 5.73 Å². The Bertz CT molecular complexity index is 1760. The first-order valence-electron chi connectivity index (χ1n) is 14.9. The minimum absolute atomic E-state index is 0. The van der Waals surface area contributed by atoms with Crippen LogP contribution in [0.3, 0.4) is 0 Å². The van der Waals surface area contributed by atoms with E-state index in [1.54, 1.807) is 57.3 Å². The van der Waals surface area contributed by atoms with E-state index in [-0.39, 0.29) is 31.0 Å². The molecule has 1 aliphatic heterocycles. The number of carbonyl (C=O) groups is 4. The molecule has 12 heteroatoms. The number of likely N-dealkylation sites (N-methyl/N-ethyl adjacent to an activating group) is 1. The average Bonchev–Trinajstić information content (AvgIpc) is 3.47. The summed E-state index contributed by atoms with van der Waals surface area (Å²) in [5, 5.41) is 15.6. The van der Waals surface area contributed by atoms with Crippen molar-refractivity contribution in [2.45, 2.75) is 45.0 Å². The number of anilines is 1. The van der Waals surface area contributed by atoms with Crippen LogP contribution in [0.15, 0.2) is 97.1 Å². The predicted molar refractivity (Wildman–Crippen MR) is 183 cm³/mol. The Morgan fingerprint density at radius 3 is 2.27 bits per heavy atom. The van der Waals surface area contributed by atoms with Gasteiger partial charge in [-0.2, -0.15) is 0 Å². The van der Waals surface area contributed by atoms with Gasteiger partial charge in [0.1, 0.15) is 30.3 Å². The summed E-state index contributed by atoms with van der Waals surface area (Å²) in [6.45, 7) is 3.66. The highest BCUT2D eigenvalue weighted by Crippen LogP contribution is 2.36. The number of hydrogen-bond acceptors (Lipinski definition) is 6. The standard InChI is InChI=1S/C28H29N3O5.C8H8FNO.ClH/c1-18(29-2)26(32)30-25(21-13-7-9-15-24(21)36-17-19-10-4-3-5-11-19)27(33)31-22-14-8-6-12-20(22)16-23(31)28(34)35;1-5-2-3-6(9)4-7(5)8(10)11;/h3-15,18,23,25,29H,16-17H2,1-2H3,(H,30,32)(H,34,35);2-4H,1H3,(H2,10,11);1H. The van der Waals surface area contributed by atoms with Crippen LogP contribution in [-0.4, -0.2) is 47.9 Å². The second-order valence-electron chi connectivity index (χ2n) is 11.0. The maximum atomic E-state index is 14.1. The summed E-state index contributed by atoms with van der Waals surface area (Å²) in [4.78, 5) is 51.0. The zero-order valence-corrected chi connectivity index (χ0v) is 27.5. The van der Waals surface area contributed by atoms with Crippen molar-refractivity contribution in [3.8, 4) is 5.75 Å². The highest BCUT2D eigenvalue weighted by atomic mass is 35.5. The number of para-hydroxylation sites is 2. The highest BCUT2D eigenvalue weighted by molar-refractivity contribution is 6.06. The van der Waals surface area contributed by atoms with Gasteiger partial charge in [0.15, 0.2) is 0 Å². The molecule has 4 aromatic rings. The van der Waals surface area contributed by atoms with Crippen LogP contribution in [0.4, 0.5) is 10.1 Å². The van der Waals surface area contributed by atoms with Crippen LogP contribution in [0.5, 0.6) is 5.75 Å². The number of hydrogen-bond donors (Lipinski definition) is 4. The number of carboxylic acid groups (broad SMARTS) is 1. The predicted octanol–water partition coefficient (Wildman–Crippen LogP) is 4.73. The summed E-state index contributed by atoms with van der Waals surface area (Å²) >= 11 is 0. The Kier molecular flexibility index (Phi) is 13.2. The van der Waals surface area contributed by atoms with Gasteiger partial charge in [-0.25, -0.2) is 9.18 Å². The Morgan fingerprint density at radius 2 is 1.62 bits per heavy atom. The van der Waals surface area contributed by atoms with Crippen molar-refractivity contribution < 1.29 is 33.4 Å². The van der Waals surface area contributed by atoms with E-state index >= 15 is 0 Å². The molecule has 0 saturated heterocycles. The second kappa shape index (κ2) is 17.1. The first kappa shape index (κ1) is 37.2. The van der Waals surface area contributed by atoms with E-state index in [1.165, 1.54) is 17.0 Å². The van der Waals surface area contributed by atoms with Gasteiger partial charge in [-0.3, -0.25) is 19.3 Å². The lowest BCUT2D eigenvalue weighted by molar-refractivity contribution is -0.140. The first-order chi connectivity index (χ1) is 22.5. The molecule has 3 unspecified atom stereocenters. The van der Waals surface area contributed by atoms with Gasteiger partial charge < -0.3 is 26.2 Å². The number of carbonyl (C=O) groups excluding carboxylic acids is 3. The van der Waals surface area contributed by atoms with Crippen LogP contribution in [0.25, 0.3) is 0 Å². The zero-order valence-electron chi connectivity index (χ0n) is 26.7. The molecule has 1 heterocycles. The smallest absolute Gasteiger partial charge is 0.327 e. The number of primary amides is 1. The zero-order chi connectivity index (χ0) is 34.1. The molecular weight excluding hydrogens is 639 g/mol. The molecule has 0 bridgehead atoms. The topological polar surface area (TPSA) is 151 Å². The number of rotatable bonds is 10. The molecule has 0 aromatic heterocycles. The lowest BCUT2D eigenvalue weighted by Gasteiger charge is -2.29. The first-order valence-corrected chi connectivity index (χ1v) is 14.9. The number of halogens is 2. The molecule has 10 nitrogen and oxygen atoms in total. The third-order valence-corrected chi connectivity index (χ3v) is 7.79. The fourth-order valence-corrected chi connectivity index (χ4v) is 5.11. The molecule has 1 aliphatic rings. The van der Waals surface area contributed by atoms with Crippen molar-refractivity contribution in [1.82, 2.24) is 10.6 Å². The number of fused-ring (bicyclic) bond motifs is 1. The summed E-state index contributed by atoms with van der Waals surface area (Å²) in [5.41, 5.74) is 8.60. The molecule has 0 radical (unpaired) electrons. The van der Waals surface area contributed by atoms with Crippen LogP contribution < -0.4 is 26.0 Å². The maximum Gasteiger partial charge on any atom is 0.327 e. The van der Waals surface area contributed by atoms with E-state index in [0.29, 0.717) is 22.6 Å². The van der Waals surface area contributed by atoms with Crippen LogP contribution in [0.2, 0.25) is 0 Å². The van der Waals surface area contributed by atoms with Gasteiger partial charge in [-0.05, 0) is 61.9 Å². The van der Waals surface area contributed by atoms with Crippen molar-refractivity contribution in [1.29, 1.82) is 0 Å². The van der Waals surface area contributed by atoms with Crippen LogP contribution in [0.1, 0.15) is 45.6 Å². The number of amides is 3. The molecule has 0 aliphatic carbocycles. The fourth-order valence-electron chi connectivity index (χ4n) is 5.11. The SMILES string of the molecule is CNC(C)C(=O)NC(C(=O)N1c2ccccc2CC1C(=O)O)c1ccccc1OCc1ccccc1.Cc1ccc(F)cc1C(N)=O.Cl. The quantitative estimate of drug-likeness (QED) is 0.190. The Labute approximate surface area is 284 Å². The number of nitrogens with zero attached hydrogens (tertiary/aromatic N) is 1. The Morgan fingerprint density at radius 1 is 0.979 bits per heavy atom. The van der Waals surface area contributed by atoms with Crippen molar-refractivity contribution >= 4 is 41.8 Å². The molecule has 0 saturated carbocycles. The molecule has 3 atom stereocenters. The monoisotopic (exact) mass is 676 g/mol. The van der Waals surface area contributed by atoms with E-state index in [0.717, 1.165) is 17.2 Å². The van der Waals surface area contributed by atoms with Crippen LogP contribution >= 0.6 is 12.4 Å². The second-order valence-corrected chi connectivity index (χ2v) is 11.0. The van der Waals surface area contributed by atoms with Crippen molar-refractivity contribution in [3.63, 3.8) is 0 Å². The number of nitrogens with two attached hydrogens (primary N) is 1. The lowest BCUT2D eigenvalue weighted by Crippen LogP contribution is -2.51. The minimum atomic E-state index is -1.16. The van der Waals surface area contributed by atoms with E-state index < -0.39 is 47.6 Å². The molecule has 5 rings (SSSR count). The molecule has 0 fully saturated rings. The highest BCUT2D eigenvalue weighted by Gasteiger charge is 2.42. The third kappa shape index (κ3) is 8.96. The number of benzene rings is 4. The van der Waals surface area contributed by atoms with Gasteiger partial charge >= 0.3 is 5.97 Å². The van der Waals surface area contributed by atoms with Crippen LogP contribution in [-0.2, 0) is 27.4 Å². The fraction of sp³-hybridized carbons (Fsp3) is 0.222. The van der Waals surface area contributed by atoms with Gasteiger partial charge in [-0.15, -0.1) is 12.4 Å². The summed E-state index contributed by atoms with van der Waals surface area (Å²) in [6.07, 6.45) is 0.191. The van der Waals surface area contributed by atoms with Gasteiger partial charge in [0.05, 0.1) is 6.04 Å². The van der Waals surface area contributed by atoms with Crippen molar-refractivity contribution in [2.75, 3.05) is 11.9 Å². The largest absolute Gasteiger partial charge is 0.489 e. The minimum Gasteiger partial charge on any atom is -0.489 e. The van der Waals surface area contributed by atoms with E-state index in [1.807, 2.05) is 42.5 Å². The van der Waals surface area contributed by atoms with E-state index in [2.05, 4.69) is 10.6 Å². The number of ether oxygens (including phenoxy) is 1. The number of carboxylic acids is 1. The van der Waals surface area contributed by atoms with E-state index in [4.69, 9.17) is 10.5 Å². The van der Waals surface area contributed by atoms with Gasteiger partial charge in [-0.1, -0.05) is 72.8 Å². The summed E-state index contributed by atoms with van der Waals surface area (Å²) < 4.78 is 18.6. The van der Waals surface area contributed by atoms with Gasteiger partial charge in [0.25, 0.3) is 5.91 Å². The van der Waals surface area contributed by atoms with Crippen molar-refractivity contribution in [3.05, 3.63) is 131 Å². The maximum absolute atomic E-state index is 14.1. The molecular formula is C36H38ClFN4O6.